The molecule has 2 aromatic carbocycles. The third kappa shape index (κ3) is 2.56. The van der Waals surface area contributed by atoms with Crippen molar-refractivity contribution in [1.82, 2.24) is 0 Å². The Balaban J connectivity index is 2.11. The standard InChI is InChI=1S/2C11H11.4CH3.Hf.H2Si/c2*1-8-6-10-5-3-4-9(2)11(10)7-8;;;;;;/h2*3-7H,1-2H3;4*1H3;;1H2. The van der Waals surface area contributed by atoms with Gasteiger partial charge in [-0.3, -0.25) is 0 Å². The molecule has 2 atom stereocenters. The van der Waals surface area contributed by atoms with Crippen molar-refractivity contribution in [2.45, 2.75) is 53.8 Å². The van der Waals surface area contributed by atoms with E-state index in [4.69, 9.17) is 0 Å². The van der Waals surface area contributed by atoms with Crippen molar-refractivity contribution in [2.24, 2.45) is 0 Å². The first-order valence-electron chi connectivity index (χ1n) is 10.7. The third-order valence-corrected chi connectivity index (χ3v) is 42.2. The van der Waals surface area contributed by atoms with Crippen molar-refractivity contribution in [3.8, 4) is 0 Å². The Bertz CT molecular complexity index is 1140. The predicted octanol–water partition coefficient (Wildman–Crippen LogP) is 7.42. The minimum absolute atomic E-state index is 0.525. The van der Waals surface area contributed by atoms with Gasteiger partial charge in [-0.2, -0.15) is 0 Å². The van der Waals surface area contributed by atoms with Gasteiger partial charge in [0.05, 0.1) is 0 Å². The van der Waals surface area contributed by atoms with E-state index in [0.29, 0.717) is 7.35 Å². The molecule has 2 aliphatic rings. The van der Waals surface area contributed by atoms with E-state index in [2.05, 4.69) is 102 Å². The zero-order chi connectivity index (χ0) is 20.8. The molecule has 0 heterocycles. The normalized spacial score (nSPS) is 24.9. The maximum absolute atomic E-state index is 4.54. The van der Waals surface area contributed by atoms with Gasteiger partial charge >= 0.3 is 168 Å². The molecule has 0 spiro atoms. The Labute approximate surface area is 167 Å². The second-order valence-electron chi connectivity index (χ2n) is 14.1. The van der Waals surface area contributed by atoms with Crippen LogP contribution in [0.5, 0.6) is 0 Å². The van der Waals surface area contributed by atoms with E-state index >= 15 is 0 Å². The van der Waals surface area contributed by atoms with Crippen LogP contribution in [-0.2, 0) is 14.2 Å². The number of hydrogen-bond donors (Lipinski definition) is 0. The summed E-state index contributed by atoms with van der Waals surface area (Å²) in [5.74, 6) is 0. The molecule has 4 rings (SSSR count). The van der Waals surface area contributed by atoms with Gasteiger partial charge in [0.2, 0.25) is 0 Å². The van der Waals surface area contributed by atoms with Gasteiger partial charge in [0.25, 0.3) is 0 Å². The molecule has 148 valence electrons. The van der Waals surface area contributed by atoms with Crippen molar-refractivity contribution < 1.29 is 14.2 Å². The van der Waals surface area contributed by atoms with Gasteiger partial charge in [0, 0.05) is 0 Å². The van der Waals surface area contributed by atoms with Crippen molar-refractivity contribution in [1.29, 1.82) is 0 Å². The molecule has 2 unspecified atom stereocenters. The summed E-state index contributed by atoms with van der Waals surface area (Å²) >= 11 is -4.54. The predicted molar refractivity (Wildman–Crippen MR) is 127 cm³/mol. The number of fused-ring (bicyclic) bond motifs is 2. The van der Waals surface area contributed by atoms with E-state index in [9.17, 15) is 0 Å². The Morgan fingerprint density at radius 2 is 1.00 bits per heavy atom. The third-order valence-electron chi connectivity index (χ3n) is 8.04. The molecule has 0 radical (unpaired) electrons. The molecule has 2 aliphatic carbocycles. The van der Waals surface area contributed by atoms with Gasteiger partial charge in [-0.05, 0) is 0 Å². The molecule has 0 nitrogen and oxygen atoms in total. The van der Waals surface area contributed by atoms with Crippen molar-refractivity contribution >= 4 is 19.1 Å². The number of benzene rings is 2. The van der Waals surface area contributed by atoms with Crippen LogP contribution in [0.2, 0.25) is 18.7 Å². The summed E-state index contributed by atoms with van der Waals surface area (Å²) in [7, 11) is 0. The summed E-state index contributed by atoms with van der Waals surface area (Å²) in [6.07, 6.45) is 4.98. The fourth-order valence-corrected chi connectivity index (χ4v) is 49.2. The quantitative estimate of drug-likeness (QED) is 0.339. The molecule has 0 fully saturated rings. The molecule has 0 saturated heterocycles. The zero-order valence-corrected chi connectivity index (χ0v) is 24.0. The van der Waals surface area contributed by atoms with Crippen LogP contribution in [-0.4, -0.2) is 6.94 Å². The van der Waals surface area contributed by atoms with Crippen LogP contribution in [0.3, 0.4) is 0 Å². The Morgan fingerprint density at radius 3 is 1.36 bits per heavy atom. The SMILES string of the molecule is CC1=Cc2c(C)cccc2[CH]1[Hf]([CH3])([CH3])([CH3])([CH3])(=[SiH2])[CH]1C(C)=Cc2c(C)cccc21. The van der Waals surface area contributed by atoms with Crippen molar-refractivity contribution in [3.05, 3.63) is 80.9 Å². The minimum atomic E-state index is -4.54. The first-order valence-corrected chi connectivity index (χ1v) is 37.6. The zero-order valence-electron chi connectivity index (χ0n) is 19.0. The fraction of sp³-hybridized carbons (Fsp3) is 0.385. The van der Waals surface area contributed by atoms with Crippen molar-refractivity contribution in [3.63, 3.8) is 0 Å². The van der Waals surface area contributed by atoms with Gasteiger partial charge in [0.1, 0.15) is 0 Å². The Hall–Kier alpha value is -0.993. The number of allylic oxidation sites excluding steroid dienone is 2. The second kappa shape index (κ2) is 4.83. The van der Waals surface area contributed by atoms with E-state index in [1.165, 1.54) is 22.3 Å². The van der Waals surface area contributed by atoms with E-state index in [-0.39, 0.29) is 0 Å². The second-order valence-corrected chi connectivity index (χ2v) is 101. The van der Waals surface area contributed by atoms with Crippen LogP contribution in [0.1, 0.15) is 54.6 Å². The average molecular weight is 555 g/mol. The summed E-state index contributed by atoms with van der Waals surface area (Å²) in [5.41, 5.74) is 12.0. The number of hydrogen-bond acceptors (Lipinski definition) is 0. The van der Waals surface area contributed by atoms with Gasteiger partial charge in [-0.15, -0.1) is 0 Å². The first kappa shape index (κ1) is 20.3. The molecular formula is C26H36HfSi. The van der Waals surface area contributed by atoms with E-state index in [1.54, 1.807) is 22.3 Å². The summed E-state index contributed by atoms with van der Waals surface area (Å²) in [5, 5.41) is 0. The molecule has 28 heavy (non-hydrogen) atoms. The summed E-state index contributed by atoms with van der Waals surface area (Å²) in [4.78, 5) is 0. The Kier molecular flexibility index (Phi) is 3.50. The van der Waals surface area contributed by atoms with Gasteiger partial charge in [-0.25, -0.2) is 0 Å². The van der Waals surface area contributed by atoms with Crippen LogP contribution in [0.25, 0.3) is 12.2 Å². The van der Waals surface area contributed by atoms with E-state index in [0.717, 1.165) is 0 Å². The van der Waals surface area contributed by atoms with Crippen LogP contribution >= 0.6 is 0 Å². The molecule has 2 heteroatoms. The monoisotopic (exact) mass is 556 g/mol. The van der Waals surface area contributed by atoms with Gasteiger partial charge in [-0.1, -0.05) is 0 Å². The molecular weight excluding hydrogens is 519 g/mol. The van der Waals surface area contributed by atoms with Gasteiger partial charge in [0.15, 0.2) is 0 Å². The van der Waals surface area contributed by atoms with Crippen LogP contribution < -0.4 is 0 Å². The molecule has 0 amide bonds. The molecule has 0 aliphatic heterocycles. The maximum atomic E-state index is 2.74. The molecule has 0 saturated carbocycles. The average Bonchev–Trinajstić information content (AvgIpc) is 3.06. The fourth-order valence-electron chi connectivity index (χ4n) is 7.63. The Morgan fingerprint density at radius 1 is 0.643 bits per heavy atom. The summed E-state index contributed by atoms with van der Waals surface area (Å²) < 4.78 is 12.0. The molecule has 2 aromatic rings. The van der Waals surface area contributed by atoms with Gasteiger partial charge < -0.3 is 0 Å². The molecule has 0 N–H and O–H groups in total. The molecule has 0 bridgehead atoms. The number of rotatable bonds is 2. The van der Waals surface area contributed by atoms with E-state index in [1.807, 2.05) is 0 Å². The summed E-state index contributed by atoms with van der Waals surface area (Å²) in [6, 6.07) is 13.9. The molecule has 0 aromatic heterocycles. The number of aryl methyl sites for hydroxylation is 2. The summed E-state index contributed by atoms with van der Waals surface area (Å²) in [6.45, 7) is 11.7. The van der Waals surface area contributed by atoms with Crippen LogP contribution in [0.4, 0.5) is 0 Å². The van der Waals surface area contributed by atoms with Crippen LogP contribution in [0, 0.1) is 13.8 Å². The topological polar surface area (TPSA) is 0 Å². The van der Waals surface area contributed by atoms with Crippen molar-refractivity contribution in [2.75, 3.05) is 0 Å². The van der Waals surface area contributed by atoms with E-state index < -0.39 is 14.2 Å². The van der Waals surface area contributed by atoms with Crippen LogP contribution in [0.15, 0.2) is 47.5 Å². The first-order chi connectivity index (χ1) is 12.6.